The third-order valence-electron chi connectivity index (χ3n) is 3.06. The molecule has 0 spiro atoms. The van der Waals surface area contributed by atoms with Crippen molar-refractivity contribution in [3.05, 3.63) is 35.9 Å². The fourth-order valence-electron chi connectivity index (χ4n) is 1.78. The molecule has 0 aliphatic carbocycles. The summed E-state index contributed by atoms with van der Waals surface area (Å²) < 4.78 is 81.2. The molecule has 0 bridgehead atoms. The number of alkyl halides is 6. The Morgan fingerprint density at radius 1 is 1.00 bits per heavy atom. The molecule has 21 heavy (non-hydrogen) atoms. The van der Waals surface area contributed by atoms with E-state index in [0.29, 0.717) is 12.5 Å². The van der Waals surface area contributed by atoms with Crippen LogP contribution in [-0.2, 0) is 16.1 Å². The second kappa shape index (κ2) is 5.95. The van der Waals surface area contributed by atoms with Crippen LogP contribution in [0.2, 0.25) is 0 Å². The van der Waals surface area contributed by atoms with Gasteiger partial charge >= 0.3 is 18.3 Å². The lowest BCUT2D eigenvalue weighted by atomic mass is 9.83. The smallest absolute Gasteiger partial charge is 0.413 e. The van der Waals surface area contributed by atoms with Crippen molar-refractivity contribution in [3.8, 4) is 0 Å². The normalized spacial score (nSPS) is 13.1. The van der Waals surface area contributed by atoms with Crippen molar-refractivity contribution in [2.75, 3.05) is 0 Å². The fraction of sp³-hybridized carbons (Fsp3) is 0.462. The third kappa shape index (κ3) is 3.30. The predicted octanol–water partition coefficient (Wildman–Crippen LogP) is 4.25. The molecular weight excluding hydrogens is 302 g/mol. The van der Waals surface area contributed by atoms with E-state index in [4.69, 9.17) is 0 Å². The third-order valence-corrected chi connectivity index (χ3v) is 3.06. The Labute approximate surface area is 116 Å². The Kier molecular flexibility index (Phi) is 4.91. The topological polar surface area (TPSA) is 26.3 Å². The van der Waals surface area contributed by atoms with Gasteiger partial charge in [0.2, 0.25) is 0 Å². The van der Waals surface area contributed by atoms with E-state index in [-0.39, 0.29) is 0 Å². The van der Waals surface area contributed by atoms with Crippen molar-refractivity contribution in [1.82, 2.24) is 0 Å². The molecule has 2 nitrogen and oxygen atoms in total. The first-order chi connectivity index (χ1) is 9.56. The van der Waals surface area contributed by atoms with Gasteiger partial charge in [-0.3, -0.25) is 4.79 Å². The van der Waals surface area contributed by atoms with Crippen LogP contribution in [0.15, 0.2) is 30.3 Å². The summed E-state index contributed by atoms with van der Waals surface area (Å²) in [5.41, 5.74) is -4.21. The lowest BCUT2D eigenvalue weighted by Gasteiger charge is -2.34. The molecule has 0 aliphatic rings. The van der Waals surface area contributed by atoms with Gasteiger partial charge < -0.3 is 4.74 Å². The largest absolute Gasteiger partial charge is 0.460 e. The molecule has 1 aromatic rings. The molecule has 0 atom stereocenters. The Morgan fingerprint density at radius 3 is 1.86 bits per heavy atom. The number of hydrogen-bond donors (Lipinski definition) is 0. The summed E-state index contributed by atoms with van der Waals surface area (Å²) in [7, 11) is 0. The lowest BCUT2D eigenvalue weighted by Crippen LogP contribution is -2.55. The molecule has 0 aliphatic heterocycles. The van der Waals surface area contributed by atoms with Crippen LogP contribution in [-0.4, -0.2) is 18.3 Å². The quantitative estimate of drug-likeness (QED) is 0.613. The Bertz CT molecular complexity index is 464. The molecule has 0 heterocycles. The minimum atomic E-state index is -5.78. The van der Waals surface area contributed by atoms with E-state index in [1.54, 1.807) is 6.07 Å². The SMILES string of the molecule is CCC(C(=O)OCc1ccccc1)(C(F)(F)F)C(F)(F)F. The van der Waals surface area contributed by atoms with E-state index >= 15 is 0 Å². The summed E-state index contributed by atoms with van der Waals surface area (Å²) in [6.07, 6.45) is -13.0. The summed E-state index contributed by atoms with van der Waals surface area (Å²) in [5.74, 6) is -2.34. The molecule has 0 fully saturated rings. The Hall–Kier alpha value is -1.73. The highest BCUT2D eigenvalue weighted by molar-refractivity contribution is 5.79. The summed E-state index contributed by atoms with van der Waals surface area (Å²) in [6, 6.07) is 7.48. The lowest BCUT2D eigenvalue weighted by molar-refractivity contribution is -0.333. The molecule has 118 valence electrons. The number of ether oxygens (including phenoxy) is 1. The van der Waals surface area contributed by atoms with Gasteiger partial charge in [0.25, 0.3) is 5.41 Å². The van der Waals surface area contributed by atoms with Crippen LogP contribution in [0.25, 0.3) is 0 Å². The maximum Gasteiger partial charge on any atom is 0.413 e. The van der Waals surface area contributed by atoms with E-state index in [9.17, 15) is 31.1 Å². The highest BCUT2D eigenvalue weighted by Gasteiger charge is 2.75. The van der Waals surface area contributed by atoms with Crippen molar-refractivity contribution in [1.29, 1.82) is 0 Å². The van der Waals surface area contributed by atoms with Gasteiger partial charge in [-0.25, -0.2) is 0 Å². The van der Waals surface area contributed by atoms with E-state index in [1.807, 2.05) is 0 Å². The number of carbonyl (C=O) groups is 1. The van der Waals surface area contributed by atoms with Gasteiger partial charge in [-0.1, -0.05) is 37.3 Å². The van der Waals surface area contributed by atoms with Gasteiger partial charge in [0.05, 0.1) is 0 Å². The van der Waals surface area contributed by atoms with E-state index in [2.05, 4.69) is 4.74 Å². The first-order valence-electron chi connectivity index (χ1n) is 5.91. The molecule has 0 saturated carbocycles. The number of esters is 1. The minimum absolute atomic E-state index is 0.292. The summed E-state index contributed by atoms with van der Waals surface area (Å²) in [5, 5.41) is 0. The number of rotatable bonds is 4. The number of hydrogen-bond acceptors (Lipinski definition) is 2. The van der Waals surface area contributed by atoms with Crippen LogP contribution in [0.4, 0.5) is 26.3 Å². The molecule has 0 N–H and O–H groups in total. The monoisotopic (exact) mass is 314 g/mol. The molecule has 8 heteroatoms. The van der Waals surface area contributed by atoms with Gasteiger partial charge in [0, 0.05) is 0 Å². The van der Waals surface area contributed by atoms with E-state index in [0.717, 1.165) is 0 Å². The maximum absolute atomic E-state index is 12.8. The standard InChI is InChI=1S/C13H12F6O2/c1-2-11(12(14,15)16,13(17,18)19)10(20)21-8-9-6-4-3-5-7-9/h3-7H,2,8H2,1H3. The van der Waals surface area contributed by atoms with Gasteiger partial charge in [-0.15, -0.1) is 0 Å². The highest BCUT2D eigenvalue weighted by atomic mass is 19.4. The van der Waals surface area contributed by atoms with Crippen LogP contribution in [0, 0.1) is 5.41 Å². The van der Waals surface area contributed by atoms with E-state index < -0.39 is 36.8 Å². The molecule has 0 saturated heterocycles. The van der Waals surface area contributed by atoms with Gasteiger partial charge in [-0.2, -0.15) is 26.3 Å². The van der Waals surface area contributed by atoms with Crippen molar-refractivity contribution < 1.29 is 35.9 Å². The van der Waals surface area contributed by atoms with Crippen molar-refractivity contribution >= 4 is 5.97 Å². The minimum Gasteiger partial charge on any atom is -0.460 e. The van der Waals surface area contributed by atoms with Crippen LogP contribution in [0.5, 0.6) is 0 Å². The summed E-state index contributed by atoms with van der Waals surface area (Å²) >= 11 is 0. The van der Waals surface area contributed by atoms with Gasteiger partial charge in [-0.05, 0) is 12.0 Å². The van der Waals surface area contributed by atoms with Gasteiger partial charge in [0.1, 0.15) is 6.61 Å². The van der Waals surface area contributed by atoms with E-state index in [1.165, 1.54) is 24.3 Å². The number of benzene rings is 1. The second-order valence-electron chi connectivity index (χ2n) is 4.32. The first-order valence-corrected chi connectivity index (χ1v) is 5.91. The zero-order chi connectivity index (χ0) is 16.3. The second-order valence-corrected chi connectivity index (χ2v) is 4.32. The maximum atomic E-state index is 12.8. The molecule has 1 rings (SSSR count). The van der Waals surface area contributed by atoms with Gasteiger partial charge in [0.15, 0.2) is 0 Å². The summed E-state index contributed by atoms with van der Waals surface area (Å²) in [6.45, 7) is -0.0155. The average Bonchev–Trinajstić information content (AvgIpc) is 2.35. The van der Waals surface area contributed by atoms with Crippen molar-refractivity contribution in [3.63, 3.8) is 0 Å². The molecule has 0 aromatic heterocycles. The van der Waals surface area contributed by atoms with Crippen molar-refractivity contribution in [2.45, 2.75) is 32.3 Å². The summed E-state index contributed by atoms with van der Waals surface area (Å²) in [4.78, 5) is 11.5. The van der Waals surface area contributed by atoms with Crippen LogP contribution >= 0.6 is 0 Å². The highest BCUT2D eigenvalue weighted by Crippen LogP contribution is 2.53. The predicted molar refractivity (Wildman–Crippen MR) is 61.1 cm³/mol. The number of halogens is 6. The molecule has 0 radical (unpaired) electrons. The zero-order valence-corrected chi connectivity index (χ0v) is 10.9. The number of carbonyl (C=O) groups excluding carboxylic acids is 1. The van der Waals surface area contributed by atoms with Crippen LogP contribution in [0.3, 0.4) is 0 Å². The van der Waals surface area contributed by atoms with Crippen molar-refractivity contribution in [2.24, 2.45) is 5.41 Å². The first kappa shape index (κ1) is 17.3. The zero-order valence-electron chi connectivity index (χ0n) is 10.9. The average molecular weight is 314 g/mol. The molecule has 1 aromatic carbocycles. The Morgan fingerprint density at radius 2 is 1.48 bits per heavy atom. The van der Waals surface area contributed by atoms with Crippen LogP contribution < -0.4 is 0 Å². The van der Waals surface area contributed by atoms with Crippen LogP contribution in [0.1, 0.15) is 18.9 Å². The molecular formula is C13H12F6O2. The molecule has 0 unspecified atom stereocenters. The molecule has 0 amide bonds. The Balaban J connectivity index is 3.02. The fourth-order valence-corrected chi connectivity index (χ4v) is 1.78.